The van der Waals surface area contributed by atoms with Crippen molar-refractivity contribution < 1.29 is 32.3 Å². The fourth-order valence-corrected chi connectivity index (χ4v) is 1.13. The first-order chi connectivity index (χ1) is 8.15. The third-order valence-electron chi connectivity index (χ3n) is 1.82. The van der Waals surface area contributed by atoms with Crippen molar-refractivity contribution in [3.8, 4) is 0 Å². The third-order valence-corrected chi connectivity index (χ3v) is 2.19. The number of likely N-dealkylation sites (N-methyl/N-ethyl adjacent to an activating group) is 1. The molecule has 0 bridgehead atoms. The summed E-state index contributed by atoms with van der Waals surface area (Å²) < 4.78 is 40.2. The molecule has 0 saturated heterocycles. The molecule has 1 N–H and O–H groups in total. The van der Waals surface area contributed by atoms with Crippen LogP contribution in [0.15, 0.2) is 0 Å². The number of hydrogen-bond donors (Lipinski definition) is 2. The van der Waals surface area contributed by atoms with E-state index in [2.05, 4.69) is 17.4 Å². The second-order valence-electron chi connectivity index (χ2n) is 3.07. The van der Waals surface area contributed by atoms with E-state index in [0.717, 1.165) is 14.2 Å². The maximum atomic E-state index is 12.0. The van der Waals surface area contributed by atoms with E-state index in [9.17, 15) is 27.6 Å². The molecule has 0 fully saturated rings. The first kappa shape index (κ1) is 16.6. The maximum Gasteiger partial charge on any atom is 0.471 e. The molecular weight excluding hydrogens is 277 g/mol. The standard InChI is InChI=1S/C8H11F3N2O4S/c1-13(7(16)17-2)5(14)4(3-18)12-6(15)8(9,10)11/h4,18H,3H2,1-2H3,(H,12,15). The summed E-state index contributed by atoms with van der Waals surface area (Å²) in [4.78, 5) is 33.6. The molecular formula is C8H11F3N2O4S. The van der Waals surface area contributed by atoms with Crippen LogP contribution < -0.4 is 5.32 Å². The average molecular weight is 288 g/mol. The normalized spacial score (nSPS) is 12.6. The van der Waals surface area contributed by atoms with Crippen molar-refractivity contribution in [1.82, 2.24) is 10.2 Å². The molecule has 0 aliphatic carbocycles. The van der Waals surface area contributed by atoms with E-state index in [1.54, 1.807) is 0 Å². The van der Waals surface area contributed by atoms with Gasteiger partial charge in [-0.25, -0.2) is 9.69 Å². The van der Waals surface area contributed by atoms with Crippen molar-refractivity contribution in [1.29, 1.82) is 0 Å². The molecule has 0 aliphatic rings. The highest BCUT2D eigenvalue weighted by molar-refractivity contribution is 7.80. The van der Waals surface area contributed by atoms with Crippen LogP contribution in [-0.2, 0) is 14.3 Å². The van der Waals surface area contributed by atoms with Gasteiger partial charge in [-0.2, -0.15) is 25.8 Å². The number of nitrogens with one attached hydrogen (secondary N) is 1. The van der Waals surface area contributed by atoms with E-state index in [1.165, 1.54) is 5.32 Å². The van der Waals surface area contributed by atoms with Gasteiger partial charge in [0.05, 0.1) is 7.11 Å². The van der Waals surface area contributed by atoms with Crippen LogP contribution in [0.2, 0.25) is 0 Å². The first-order valence-electron chi connectivity index (χ1n) is 4.49. The van der Waals surface area contributed by atoms with Crippen LogP contribution in [0.25, 0.3) is 0 Å². The molecule has 10 heteroatoms. The molecule has 18 heavy (non-hydrogen) atoms. The Kier molecular flexibility index (Phi) is 5.95. The quantitative estimate of drug-likeness (QED) is 0.727. The van der Waals surface area contributed by atoms with Crippen molar-refractivity contribution in [3.05, 3.63) is 0 Å². The summed E-state index contributed by atoms with van der Waals surface area (Å²) in [7, 11) is 2.00. The van der Waals surface area contributed by atoms with Gasteiger partial charge < -0.3 is 10.1 Å². The zero-order chi connectivity index (χ0) is 14.5. The van der Waals surface area contributed by atoms with Crippen molar-refractivity contribution in [2.75, 3.05) is 19.9 Å². The number of nitrogens with zero attached hydrogens (tertiary/aromatic N) is 1. The van der Waals surface area contributed by atoms with Gasteiger partial charge in [-0.05, 0) is 0 Å². The zero-order valence-electron chi connectivity index (χ0n) is 9.45. The fourth-order valence-electron chi connectivity index (χ4n) is 0.886. The second kappa shape index (κ2) is 6.47. The van der Waals surface area contributed by atoms with Crippen LogP contribution in [0, 0.1) is 0 Å². The van der Waals surface area contributed by atoms with Gasteiger partial charge in [-0.3, -0.25) is 9.59 Å². The number of carbonyl (C=O) groups is 3. The number of halogens is 3. The number of alkyl halides is 3. The van der Waals surface area contributed by atoms with Crippen LogP contribution in [0.4, 0.5) is 18.0 Å². The molecule has 0 rings (SSSR count). The van der Waals surface area contributed by atoms with Gasteiger partial charge in [0.15, 0.2) is 0 Å². The highest BCUT2D eigenvalue weighted by Gasteiger charge is 2.41. The lowest BCUT2D eigenvalue weighted by atomic mass is 10.3. The van der Waals surface area contributed by atoms with Gasteiger partial charge in [-0.15, -0.1) is 0 Å². The van der Waals surface area contributed by atoms with Crippen LogP contribution in [0.5, 0.6) is 0 Å². The van der Waals surface area contributed by atoms with Gasteiger partial charge >= 0.3 is 18.2 Å². The lowest BCUT2D eigenvalue weighted by Gasteiger charge is -2.21. The number of amides is 3. The van der Waals surface area contributed by atoms with Gasteiger partial charge in [0.1, 0.15) is 6.04 Å². The van der Waals surface area contributed by atoms with E-state index >= 15 is 0 Å². The fraction of sp³-hybridized carbons (Fsp3) is 0.625. The van der Waals surface area contributed by atoms with E-state index in [4.69, 9.17) is 0 Å². The minimum atomic E-state index is -5.12. The highest BCUT2D eigenvalue weighted by Crippen LogP contribution is 2.14. The van der Waals surface area contributed by atoms with Crippen molar-refractivity contribution >= 4 is 30.5 Å². The van der Waals surface area contributed by atoms with Gasteiger partial charge in [-0.1, -0.05) is 0 Å². The van der Waals surface area contributed by atoms with Gasteiger partial charge in [0.2, 0.25) is 0 Å². The number of imide groups is 1. The molecule has 0 radical (unpaired) electrons. The summed E-state index contributed by atoms with van der Waals surface area (Å²) in [5.74, 6) is -3.75. The van der Waals surface area contributed by atoms with E-state index in [1.807, 2.05) is 0 Å². The van der Waals surface area contributed by atoms with Crippen molar-refractivity contribution in [3.63, 3.8) is 0 Å². The Morgan fingerprint density at radius 1 is 1.39 bits per heavy atom. The predicted octanol–water partition coefficient (Wildman–Crippen LogP) is 0.188. The highest BCUT2D eigenvalue weighted by atomic mass is 32.1. The van der Waals surface area contributed by atoms with E-state index in [0.29, 0.717) is 4.90 Å². The number of rotatable bonds is 3. The van der Waals surface area contributed by atoms with Crippen LogP contribution >= 0.6 is 12.6 Å². The first-order valence-corrected chi connectivity index (χ1v) is 5.12. The monoisotopic (exact) mass is 288 g/mol. The van der Waals surface area contributed by atoms with Crippen LogP contribution in [-0.4, -0.2) is 54.9 Å². The van der Waals surface area contributed by atoms with E-state index < -0.39 is 35.9 Å². The summed E-state index contributed by atoms with van der Waals surface area (Å²) in [6, 6.07) is -1.58. The Labute approximate surface area is 106 Å². The van der Waals surface area contributed by atoms with E-state index in [-0.39, 0.29) is 0 Å². The molecule has 0 aromatic carbocycles. The van der Waals surface area contributed by atoms with Crippen molar-refractivity contribution in [2.45, 2.75) is 12.2 Å². The third kappa shape index (κ3) is 4.43. The number of thiol groups is 1. The lowest BCUT2D eigenvalue weighted by molar-refractivity contribution is -0.174. The Hall–Kier alpha value is -1.45. The SMILES string of the molecule is COC(=O)N(C)C(=O)C(CS)NC(=O)C(F)(F)F. The molecule has 0 aromatic rings. The molecule has 0 aliphatic heterocycles. The summed E-state index contributed by atoms with van der Waals surface area (Å²) >= 11 is 3.64. The molecule has 0 saturated carbocycles. The molecule has 3 amide bonds. The molecule has 0 spiro atoms. The number of carbonyl (C=O) groups excluding carboxylic acids is 3. The van der Waals surface area contributed by atoms with Gasteiger partial charge in [0.25, 0.3) is 5.91 Å². The lowest BCUT2D eigenvalue weighted by Crippen LogP contribution is -2.53. The minimum absolute atomic E-state index is 0.401. The summed E-state index contributed by atoms with van der Waals surface area (Å²) in [6.45, 7) is 0. The molecule has 1 unspecified atom stereocenters. The summed E-state index contributed by atoms with van der Waals surface area (Å²) in [6.07, 6.45) is -6.18. The van der Waals surface area contributed by atoms with Crippen molar-refractivity contribution in [2.24, 2.45) is 0 Å². The Bertz CT molecular complexity index is 348. The van der Waals surface area contributed by atoms with Crippen LogP contribution in [0.3, 0.4) is 0 Å². The second-order valence-corrected chi connectivity index (χ2v) is 3.44. The average Bonchev–Trinajstić information content (AvgIpc) is 2.31. The summed E-state index contributed by atoms with van der Waals surface area (Å²) in [5, 5.41) is 1.43. The Morgan fingerprint density at radius 2 is 1.89 bits per heavy atom. The minimum Gasteiger partial charge on any atom is -0.452 e. The Morgan fingerprint density at radius 3 is 2.22 bits per heavy atom. The Balaban J connectivity index is 4.75. The zero-order valence-corrected chi connectivity index (χ0v) is 10.3. The molecule has 0 heterocycles. The molecule has 6 nitrogen and oxygen atoms in total. The summed E-state index contributed by atoms with van der Waals surface area (Å²) in [5.41, 5.74) is 0. The molecule has 1 atom stereocenters. The topological polar surface area (TPSA) is 75.7 Å². The maximum absolute atomic E-state index is 12.0. The molecule has 104 valence electrons. The number of methoxy groups -OCH3 is 1. The number of hydrogen-bond acceptors (Lipinski definition) is 5. The van der Waals surface area contributed by atoms with Crippen LogP contribution in [0.1, 0.15) is 0 Å². The van der Waals surface area contributed by atoms with Gasteiger partial charge in [0, 0.05) is 12.8 Å². The predicted molar refractivity (Wildman–Crippen MR) is 57.0 cm³/mol. The largest absolute Gasteiger partial charge is 0.471 e. The smallest absolute Gasteiger partial charge is 0.452 e. The number of ether oxygens (including phenoxy) is 1. The molecule has 0 aromatic heterocycles.